The van der Waals surface area contributed by atoms with Crippen LogP contribution < -0.4 is 5.32 Å². The van der Waals surface area contributed by atoms with E-state index in [1.54, 1.807) is 12.3 Å². The van der Waals surface area contributed by atoms with E-state index in [-0.39, 0.29) is 17.9 Å². The van der Waals surface area contributed by atoms with Crippen LogP contribution in [0.2, 0.25) is 0 Å². The predicted molar refractivity (Wildman–Crippen MR) is 69.5 cm³/mol. The molecule has 0 saturated heterocycles. The van der Waals surface area contributed by atoms with Gasteiger partial charge in [-0.1, -0.05) is 34.6 Å². The van der Waals surface area contributed by atoms with Crippen LogP contribution in [0.3, 0.4) is 0 Å². The highest BCUT2D eigenvalue weighted by Gasteiger charge is 2.28. The Balaban J connectivity index is 0.000000686. The Morgan fingerprint density at radius 1 is 1.35 bits per heavy atom. The van der Waals surface area contributed by atoms with Crippen LogP contribution in [0.25, 0.3) is 0 Å². The van der Waals surface area contributed by atoms with Gasteiger partial charge in [0.1, 0.15) is 6.54 Å². The molecule has 0 atom stereocenters. The smallest absolute Gasteiger partial charge is 0.246 e. The van der Waals surface area contributed by atoms with Crippen molar-refractivity contribution in [2.45, 2.75) is 34.6 Å². The molecule has 0 unspecified atom stereocenters. The zero-order valence-electron chi connectivity index (χ0n) is 11.1. The van der Waals surface area contributed by atoms with Crippen molar-refractivity contribution in [1.82, 2.24) is 0 Å². The molecule has 1 amide bonds. The predicted octanol–water partition coefficient (Wildman–Crippen LogP) is 3.09. The molecule has 1 N–H and O–H groups in total. The Labute approximate surface area is 102 Å². The summed E-state index contributed by atoms with van der Waals surface area (Å²) in [6.45, 7) is 10.3. The molecular formula is C13H20N2O2. The second-order valence-electron chi connectivity index (χ2n) is 4.63. The van der Waals surface area contributed by atoms with Gasteiger partial charge in [0.25, 0.3) is 0 Å². The molecule has 2 heterocycles. The summed E-state index contributed by atoms with van der Waals surface area (Å²) >= 11 is 0. The van der Waals surface area contributed by atoms with E-state index in [0.717, 1.165) is 5.71 Å². The van der Waals surface area contributed by atoms with E-state index in [4.69, 9.17) is 4.42 Å². The molecule has 0 bridgehead atoms. The van der Waals surface area contributed by atoms with Crippen molar-refractivity contribution < 1.29 is 9.21 Å². The number of aliphatic imine (C=N–C) groups is 1. The molecule has 0 fully saturated rings. The van der Waals surface area contributed by atoms with Crippen molar-refractivity contribution in [2.75, 3.05) is 11.9 Å². The fourth-order valence-corrected chi connectivity index (χ4v) is 1.58. The molecular weight excluding hydrogens is 216 g/mol. The van der Waals surface area contributed by atoms with E-state index in [2.05, 4.69) is 10.3 Å². The molecule has 0 radical (unpaired) electrons. The topological polar surface area (TPSA) is 54.6 Å². The molecule has 0 aromatic carbocycles. The van der Waals surface area contributed by atoms with E-state index in [0.29, 0.717) is 11.4 Å². The Morgan fingerprint density at radius 2 is 2.00 bits per heavy atom. The lowest BCUT2D eigenvalue weighted by Gasteiger charge is -2.19. The lowest BCUT2D eigenvalue weighted by Crippen LogP contribution is -2.21. The summed E-state index contributed by atoms with van der Waals surface area (Å²) < 4.78 is 5.38. The molecule has 4 heteroatoms. The first-order valence-electron chi connectivity index (χ1n) is 5.91. The fraction of sp³-hybridized carbons (Fsp3) is 0.538. The molecule has 0 saturated carbocycles. The highest BCUT2D eigenvalue weighted by molar-refractivity contribution is 6.11. The number of rotatable bonds is 0. The molecule has 0 spiro atoms. The van der Waals surface area contributed by atoms with E-state index < -0.39 is 0 Å². The van der Waals surface area contributed by atoms with Gasteiger partial charge in [-0.25, -0.2) is 0 Å². The van der Waals surface area contributed by atoms with Gasteiger partial charge in [0.05, 0.1) is 17.7 Å². The molecule has 1 aliphatic heterocycles. The maximum absolute atomic E-state index is 11.4. The lowest BCUT2D eigenvalue weighted by molar-refractivity contribution is -0.114. The Hall–Kier alpha value is -1.58. The Kier molecular flexibility index (Phi) is 4.10. The number of hydrogen-bond donors (Lipinski definition) is 1. The molecule has 1 aliphatic rings. The van der Waals surface area contributed by atoms with Gasteiger partial charge in [-0.05, 0) is 0 Å². The second kappa shape index (κ2) is 5.17. The summed E-state index contributed by atoms with van der Waals surface area (Å²) in [5.74, 6) is 0.574. The van der Waals surface area contributed by atoms with Crippen LogP contribution in [0.15, 0.2) is 21.7 Å². The van der Waals surface area contributed by atoms with Crippen LogP contribution in [-0.2, 0) is 4.79 Å². The quantitative estimate of drug-likeness (QED) is 0.752. The van der Waals surface area contributed by atoms with Crippen molar-refractivity contribution >= 4 is 17.3 Å². The minimum absolute atomic E-state index is 0.100. The molecule has 0 aliphatic carbocycles. The number of nitrogens with zero attached hydrogens (tertiary/aromatic N) is 1. The van der Waals surface area contributed by atoms with Gasteiger partial charge < -0.3 is 9.73 Å². The summed E-state index contributed by atoms with van der Waals surface area (Å²) in [5.41, 5.74) is 1.42. The van der Waals surface area contributed by atoms with Crippen molar-refractivity contribution in [3.8, 4) is 0 Å². The van der Waals surface area contributed by atoms with Crippen LogP contribution in [0.5, 0.6) is 0 Å². The van der Waals surface area contributed by atoms with Crippen LogP contribution >= 0.6 is 0 Å². The maximum Gasteiger partial charge on any atom is 0.246 e. The van der Waals surface area contributed by atoms with Gasteiger partial charge in [-0.2, -0.15) is 0 Å². The average molecular weight is 236 g/mol. The van der Waals surface area contributed by atoms with Crippen molar-refractivity contribution in [2.24, 2.45) is 10.4 Å². The third kappa shape index (κ3) is 2.96. The minimum atomic E-state index is -0.126. The van der Waals surface area contributed by atoms with E-state index >= 15 is 0 Å². The van der Waals surface area contributed by atoms with Crippen molar-refractivity contribution in [1.29, 1.82) is 0 Å². The zero-order chi connectivity index (χ0) is 13.1. The number of anilines is 1. The Morgan fingerprint density at radius 3 is 2.59 bits per heavy atom. The number of furan rings is 1. The lowest BCUT2D eigenvalue weighted by atomic mass is 9.88. The van der Waals surface area contributed by atoms with Crippen LogP contribution in [0.4, 0.5) is 5.69 Å². The SMILES string of the molecule is CC.CC(C)(C)C1=NCC(=O)Nc2ccoc21. The van der Waals surface area contributed by atoms with Crippen LogP contribution in [-0.4, -0.2) is 18.2 Å². The monoisotopic (exact) mass is 236 g/mol. The van der Waals surface area contributed by atoms with Crippen LogP contribution in [0, 0.1) is 5.41 Å². The minimum Gasteiger partial charge on any atom is -0.461 e. The third-order valence-electron chi connectivity index (χ3n) is 2.25. The van der Waals surface area contributed by atoms with E-state index in [9.17, 15) is 4.79 Å². The largest absolute Gasteiger partial charge is 0.461 e. The first kappa shape index (κ1) is 13.5. The number of hydrogen-bond acceptors (Lipinski definition) is 3. The standard InChI is InChI=1S/C11H14N2O2.C2H6/c1-11(2,3)10-9-7(4-5-15-9)13-8(14)6-12-10;1-2/h4-5H,6H2,1-3H3,(H,13,14);1-2H3. The van der Waals surface area contributed by atoms with Gasteiger partial charge in [0.2, 0.25) is 5.91 Å². The second-order valence-corrected chi connectivity index (χ2v) is 4.63. The fourth-order valence-electron chi connectivity index (χ4n) is 1.58. The summed E-state index contributed by atoms with van der Waals surface area (Å²) in [6, 6.07) is 1.75. The molecule has 2 rings (SSSR count). The highest BCUT2D eigenvalue weighted by Crippen LogP contribution is 2.29. The number of nitrogens with one attached hydrogen (secondary N) is 1. The van der Waals surface area contributed by atoms with Gasteiger partial charge in [-0.15, -0.1) is 0 Å². The first-order valence-corrected chi connectivity index (χ1v) is 5.91. The number of amides is 1. The normalized spacial score (nSPS) is 14.9. The summed E-state index contributed by atoms with van der Waals surface area (Å²) in [7, 11) is 0. The summed E-state index contributed by atoms with van der Waals surface area (Å²) in [4.78, 5) is 15.7. The molecule has 94 valence electrons. The van der Waals surface area contributed by atoms with Crippen molar-refractivity contribution in [3.05, 3.63) is 18.1 Å². The van der Waals surface area contributed by atoms with Crippen molar-refractivity contribution in [3.63, 3.8) is 0 Å². The van der Waals surface area contributed by atoms with Gasteiger partial charge in [-0.3, -0.25) is 9.79 Å². The van der Waals surface area contributed by atoms with E-state index in [1.807, 2.05) is 34.6 Å². The molecule has 17 heavy (non-hydrogen) atoms. The van der Waals surface area contributed by atoms with Gasteiger partial charge >= 0.3 is 0 Å². The third-order valence-corrected chi connectivity index (χ3v) is 2.25. The molecule has 1 aromatic heterocycles. The zero-order valence-corrected chi connectivity index (χ0v) is 11.1. The molecule has 1 aromatic rings. The summed E-state index contributed by atoms with van der Waals surface area (Å²) in [6.07, 6.45) is 1.57. The van der Waals surface area contributed by atoms with E-state index in [1.165, 1.54) is 0 Å². The number of carbonyl (C=O) groups excluding carboxylic acids is 1. The maximum atomic E-state index is 11.4. The number of fused-ring (bicyclic) bond motifs is 1. The summed E-state index contributed by atoms with van der Waals surface area (Å²) in [5, 5.41) is 2.76. The first-order chi connectivity index (χ1) is 7.98. The Bertz CT molecular complexity index is 425. The molecule has 4 nitrogen and oxygen atoms in total. The van der Waals surface area contributed by atoms with Gasteiger partial charge in [0, 0.05) is 11.5 Å². The van der Waals surface area contributed by atoms with Gasteiger partial charge in [0.15, 0.2) is 5.76 Å². The number of carbonyl (C=O) groups is 1. The average Bonchev–Trinajstić information content (AvgIpc) is 2.61. The highest BCUT2D eigenvalue weighted by atomic mass is 16.3. The van der Waals surface area contributed by atoms with Crippen LogP contribution in [0.1, 0.15) is 40.4 Å².